The second-order valence-electron chi connectivity index (χ2n) is 7.09. The molecule has 0 aromatic heterocycles. The highest BCUT2D eigenvalue weighted by Crippen LogP contribution is 2.22. The summed E-state index contributed by atoms with van der Waals surface area (Å²) < 4.78 is 5.75. The number of amides is 2. The lowest BCUT2D eigenvalue weighted by molar-refractivity contribution is 0.247. The zero-order valence-corrected chi connectivity index (χ0v) is 16.3. The molecule has 2 amide bonds. The molecule has 0 bridgehead atoms. The maximum Gasteiger partial charge on any atom is 0.319 e. The van der Waals surface area contributed by atoms with Crippen LogP contribution in [0.4, 0.5) is 16.2 Å². The van der Waals surface area contributed by atoms with Gasteiger partial charge in [-0.15, -0.1) is 0 Å². The number of aryl methyl sites for hydroxylation is 2. The molecule has 0 saturated carbocycles. The van der Waals surface area contributed by atoms with E-state index in [-0.39, 0.29) is 6.03 Å². The van der Waals surface area contributed by atoms with E-state index < -0.39 is 0 Å². The van der Waals surface area contributed by atoms with Gasteiger partial charge in [-0.1, -0.05) is 12.1 Å². The maximum atomic E-state index is 12.0. The third-order valence-electron chi connectivity index (χ3n) is 4.84. The largest absolute Gasteiger partial charge is 0.491 e. The van der Waals surface area contributed by atoms with E-state index in [1.165, 1.54) is 24.9 Å². The molecule has 0 aliphatic carbocycles. The SMILES string of the molecule is Cc1ccc(C)c(OCCNC(=O)Nc2ccc(N3CCCCC3)cc2)c1. The topological polar surface area (TPSA) is 53.6 Å². The van der Waals surface area contributed by atoms with Crippen molar-refractivity contribution in [3.63, 3.8) is 0 Å². The smallest absolute Gasteiger partial charge is 0.319 e. The fraction of sp³-hybridized carbons (Fsp3) is 0.409. The number of anilines is 2. The molecule has 5 nitrogen and oxygen atoms in total. The number of nitrogens with zero attached hydrogens (tertiary/aromatic N) is 1. The van der Waals surface area contributed by atoms with Crippen molar-refractivity contribution in [3.05, 3.63) is 53.6 Å². The Bertz CT molecular complexity index is 753. The average molecular weight is 367 g/mol. The molecule has 0 atom stereocenters. The first-order chi connectivity index (χ1) is 13.1. The molecule has 1 heterocycles. The van der Waals surface area contributed by atoms with Crippen molar-refractivity contribution in [1.82, 2.24) is 5.32 Å². The summed E-state index contributed by atoms with van der Waals surface area (Å²) in [6.45, 7) is 7.18. The first kappa shape index (κ1) is 19.1. The molecule has 1 aliphatic rings. The number of urea groups is 1. The molecule has 0 unspecified atom stereocenters. The number of nitrogens with one attached hydrogen (secondary N) is 2. The van der Waals surface area contributed by atoms with Crippen molar-refractivity contribution < 1.29 is 9.53 Å². The summed E-state index contributed by atoms with van der Waals surface area (Å²) in [6, 6.07) is 14.0. The van der Waals surface area contributed by atoms with Gasteiger partial charge in [-0.25, -0.2) is 4.79 Å². The van der Waals surface area contributed by atoms with Gasteiger partial charge >= 0.3 is 6.03 Å². The van der Waals surface area contributed by atoms with Crippen LogP contribution in [0.3, 0.4) is 0 Å². The van der Waals surface area contributed by atoms with Crippen molar-refractivity contribution in [2.24, 2.45) is 0 Å². The molecule has 2 N–H and O–H groups in total. The molecule has 144 valence electrons. The molecule has 5 heteroatoms. The number of rotatable bonds is 6. The van der Waals surface area contributed by atoms with Crippen molar-refractivity contribution >= 4 is 17.4 Å². The van der Waals surface area contributed by atoms with Crippen LogP contribution in [0.5, 0.6) is 5.75 Å². The van der Waals surface area contributed by atoms with Crippen molar-refractivity contribution in [2.45, 2.75) is 33.1 Å². The van der Waals surface area contributed by atoms with E-state index >= 15 is 0 Å². The lowest BCUT2D eigenvalue weighted by Crippen LogP contribution is -2.32. The maximum absolute atomic E-state index is 12.0. The Balaban J connectivity index is 1.40. The number of benzene rings is 2. The van der Waals surface area contributed by atoms with E-state index in [9.17, 15) is 4.79 Å². The van der Waals surface area contributed by atoms with Gasteiger partial charge in [-0.05, 0) is 74.6 Å². The molecule has 27 heavy (non-hydrogen) atoms. The Hall–Kier alpha value is -2.69. The minimum Gasteiger partial charge on any atom is -0.491 e. The fourth-order valence-electron chi connectivity index (χ4n) is 3.27. The number of piperidine rings is 1. The monoisotopic (exact) mass is 367 g/mol. The number of ether oxygens (including phenoxy) is 1. The van der Waals surface area contributed by atoms with Gasteiger partial charge in [-0.2, -0.15) is 0 Å². The third kappa shape index (κ3) is 5.64. The van der Waals surface area contributed by atoms with Gasteiger partial charge < -0.3 is 20.3 Å². The molecule has 1 saturated heterocycles. The summed E-state index contributed by atoms with van der Waals surface area (Å²) in [6.07, 6.45) is 3.84. The van der Waals surface area contributed by atoms with Gasteiger partial charge in [0.15, 0.2) is 0 Å². The van der Waals surface area contributed by atoms with Gasteiger partial charge in [0.05, 0.1) is 6.54 Å². The van der Waals surface area contributed by atoms with Crippen LogP contribution in [0.1, 0.15) is 30.4 Å². The second-order valence-corrected chi connectivity index (χ2v) is 7.09. The number of carbonyl (C=O) groups excluding carboxylic acids is 1. The zero-order chi connectivity index (χ0) is 19.1. The van der Waals surface area contributed by atoms with Gasteiger partial charge in [0, 0.05) is 24.5 Å². The van der Waals surface area contributed by atoms with Crippen LogP contribution in [-0.4, -0.2) is 32.3 Å². The second kappa shape index (κ2) is 9.31. The molecule has 2 aromatic rings. The fourth-order valence-corrected chi connectivity index (χ4v) is 3.27. The Kier molecular flexibility index (Phi) is 6.58. The predicted octanol–water partition coefficient (Wildman–Crippen LogP) is 4.49. The lowest BCUT2D eigenvalue weighted by Gasteiger charge is -2.28. The first-order valence-corrected chi connectivity index (χ1v) is 9.72. The molecule has 0 radical (unpaired) electrons. The normalized spacial score (nSPS) is 13.9. The van der Waals surface area contributed by atoms with Gasteiger partial charge in [-0.3, -0.25) is 0 Å². The standard InChI is InChI=1S/C22H29N3O2/c1-17-6-7-18(2)21(16-17)27-15-12-23-22(26)24-19-8-10-20(11-9-19)25-13-4-3-5-14-25/h6-11,16H,3-5,12-15H2,1-2H3,(H2,23,24,26). The van der Waals surface area contributed by atoms with Crippen LogP contribution < -0.4 is 20.3 Å². The summed E-state index contributed by atoms with van der Waals surface area (Å²) in [7, 11) is 0. The summed E-state index contributed by atoms with van der Waals surface area (Å²) in [5.74, 6) is 0.866. The average Bonchev–Trinajstić information content (AvgIpc) is 2.69. The number of hydrogen-bond acceptors (Lipinski definition) is 3. The summed E-state index contributed by atoms with van der Waals surface area (Å²) in [4.78, 5) is 14.4. The summed E-state index contributed by atoms with van der Waals surface area (Å²) in [5, 5.41) is 5.70. The van der Waals surface area contributed by atoms with Crippen molar-refractivity contribution in [2.75, 3.05) is 36.5 Å². The van der Waals surface area contributed by atoms with Gasteiger partial charge in [0.1, 0.15) is 12.4 Å². The number of carbonyl (C=O) groups is 1. The first-order valence-electron chi connectivity index (χ1n) is 9.72. The molecule has 1 fully saturated rings. The molecule has 0 spiro atoms. The number of hydrogen-bond donors (Lipinski definition) is 2. The zero-order valence-electron chi connectivity index (χ0n) is 16.3. The van der Waals surface area contributed by atoms with E-state index in [2.05, 4.69) is 33.7 Å². The third-order valence-corrected chi connectivity index (χ3v) is 4.84. The van der Waals surface area contributed by atoms with Gasteiger partial charge in [0.2, 0.25) is 0 Å². The van der Waals surface area contributed by atoms with Crippen LogP contribution >= 0.6 is 0 Å². The highest BCUT2D eigenvalue weighted by atomic mass is 16.5. The van der Waals surface area contributed by atoms with Crippen LogP contribution in [0.15, 0.2) is 42.5 Å². The highest BCUT2D eigenvalue weighted by Gasteiger charge is 2.10. The molecule has 2 aromatic carbocycles. The summed E-state index contributed by atoms with van der Waals surface area (Å²) in [5.41, 5.74) is 4.28. The van der Waals surface area contributed by atoms with E-state index in [0.717, 1.165) is 35.7 Å². The van der Waals surface area contributed by atoms with Gasteiger partial charge in [0.25, 0.3) is 0 Å². The Morgan fingerprint density at radius 3 is 2.52 bits per heavy atom. The predicted molar refractivity (Wildman–Crippen MR) is 111 cm³/mol. The lowest BCUT2D eigenvalue weighted by atomic mass is 10.1. The van der Waals surface area contributed by atoms with E-state index in [1.54, 1.807) is 0 Å². The highest BCUT2D eigenvalue weighted by molar-refractivity contribution is 5.89. The van der Waals surface area contributed by atoms with Crippen LogP contribution in [0.2, 0.25) is 0 Å². The van der Waals surface area contributed by atoms with E-state index in [0.29, 0.717) is 13.2 Å². The summed E-state index contributed by atoms with van der Waals surface area (Å²) >= 11 is 0. The Morgan fingerprint density at radius 1 is 1.04 bits per heavy atom. The van der Waals surface area contributed by atoms with Crippen molar-refractivity contribution in [3.8, 4) is 5.75 Å². The Morgan fingerprint density at radius 2 is 1.78 bits per heavy atom. The minimum absolute atomic E-state index is 0.217. The molecule has 3 rings (SSSR count). The van der Waals surface area contributed by atoms with Crippen molar-refractivity contribution in [1.29, 1.82) is 0 Å². The van der Waals surface area contributed by atoms with Crippen LogP contribution in [0.25, 0.3) is 0 Å². The minimum atomic E-state index is -0.217. The molecule has 1 aliphatic heterocycles. The quantitative estimate of drug-likeness (QED) is 0.740. The molecular weight excluding hydrogens is 338 g/mol. The molecular formula is C22H29N3O2. The van der Waals surface area contributed by atoms with E-state index in [1.807, 2.05) is 38.1 Å². The van der Waals surface area contributed by atoms with Crippen LogP contribution in [0, 0.1) is 13.8 Å². The van der Waals surface area contributed by atoms with Crippen LogP contribution in [-0.2, 0) is 0 Å². The van der Waals surface area contributed by atoms with E-state index in [4.69, 9.17) is 4.74 Å². The Labute approximate surface area is 161 Å².